The van der Waals surface area contributed by atoms with Crippen LogP contribution in [0, 0.1) is 17.2 Å². The quantitative estimate of drug-likeness (QED) is 0.835. The highest BCUT2D eigenvalue weighted by molar-refractivity contribution is 7.12. The van der Waals surface area contributed by atoms with Crippen LogP contribution in [0.2, 0.25) is 0 Å². The Morgan fingerprint density at radius 3 is 2.96 bits per heavy atom. The van der Waals surface area contributed by atoms with E-state index in [1.165, 1.54) is 11.3 Å². The van der Waals surface area contributed by atoms with Crippen molar-refractivity contribution < 1.29 is 14.3 Å². The number of ether oxygens (including phenoxy) is 1. The maximum atomic E-state index is 12.8. The minimum atomic E-state index is -0.213. The molecule has 0 radical (unpaired) electrons. The monoisotopic (exact) mass is 399 g/mol. The molecule has 2 amide bonds. The van der Waals surface area contributed by atoms with E-state index in [0.29, 0.717) is 55.3 Å². The van der Waals surface area contributed by atoms with Crippen molar-refractivity contribution in [2.45, 2.75) is 19.4 Å². The minimum absolute atomic E-state index is 0.00600. The van der Waals surface area contributed by atoms with Gasteiger partial charge < -0.3 is 15.0 Å². The predicted molar refractivity (Wildman–Crippen MR) is 102 cm³/mol. The summed E-state index contributed by atoms with van der Waals surface area (Å²) in [6.45, 7) is 3.58. The molecular formula is C19H21N5O3S. The van der Waals surface area contributed by atoms with Gasteiger partial charge in [-0.05, 0) is 30.2 Å². The standard InChI is InChI=1S/C19H21N5O3S/c20-10-14-2-8-28-17(14)18(25)21-11-13-1-3-24-16(9-13)15(12-22-24)19(26)23-4-6-27-7-5-23/h2,8,12-13H,1,3-7,9,11H2,(H,21,25)/t13-/m1/s1. The Labute approximate surface area is 166 Å². The smallest absolute Gasteiger partial charge is 0.262 e. The molecule has 2 aliphatic heterocycles. The van der Waals surface area contributed by atoms with E-state index in [1.807, 2.05) is 15.7 Å². The second-order valence-corrected chi connectivity index (χ2v) is 7.89. The number of nitrogens with one attached hydrogen (secondary N) is 1. The van der Waals surface area contributed by atoms with E-state index in [9.17, 15) is 9.59 Å². The number of nitriles is 1. The van der Waals surface area contributed by atoms with Crippen LogP contribution in [0.15, 0.2) is 17.6 Å². The third-order valence-corrected chi connectivity index (χ3v) is 6.16. The molecule has 0 bridgehead atoms. The summed E-state index contributed by atoms with van der Waals surface area (Å²) in [5.41, 5.74) is 2.00. The Morgan fingerprint density at radius 2 is 2.18 bits per heavy atom. The van der Waals surface area contributed by atoms with Gasteiger partial charge in [0.1, 0.15) is 10.9 Å². The molecule has 1 fully saturated rings. The van der Waals surface area contributed by atoms with E-state index >= 15 is 0 Å². The number of thiophene rings is 1. The lowest BCUT2D eigenvalue weighted by molar-refractivity contribution is 0.0301. The van der Waals surface area contributed by atoms with E-state index in [1.54, 1.807) is 17.6 Å². The van der Waals surface area contributed by atoms with Crippen molar-refractivity contribution in [3.05, 3.63) is 39.3 Å². The van der Waals surface area contributed by atoms with Gasteiger partial charge in [-0.15, -0.1) is 11.3 Å². The highest BCUT2D eigenvalue weighted by Crippen LogP contribution is 2.24. The van der Waals surface area contributed by atoms with Crippen molar-refractivity contribution in [1.29, 1.82) is 5.26 Å². The fourth-order valence-corrected chi connectivity index (χ4v) is 4.44. The topological polar surface area (TPSA) is 100 Å². The number of aryl methyl sites for hydroxylation is 1. The Morgan fingerprint density at radius 1 is 1.36 bits per heavy atom. The van der Waals surface area contributed by atoms with E-state index in [-0.39, 0.29) is 17.7 Å². The first-order chi connectivity index (χ1) is 13.7. The van der Waals surface area contributed by atoms with Crippen LogP contribution in [0.1, 0.15) is 37.7 Å². The lowest BCUT2D eigenvalue weighted by Gasteiger charge is -2.28. The molecule has 2 aliphatic rings. The number of nitrogens with zero attached hydrogens (tertiary/aromatic N) is 4. The molecular weight excluding hydrogens is 378 g/mol. The number of rotatable bonds is 4. The Hall–Kier alpha value is -2.70. The lowest BCUT2D eigenvalue weighted by Crippen LogP contribution is -2.41. The van der Waals surface area contributed by atoms with E-state index in [0.717, 1.165) is 18.7 Å². The number of aromatic nitrogens is 2. The molecule has 0 aromatic carbocycles. The van der Waals surface area contributed by atoms with Gasteiger partial charge in [0.15, 0.2) is 0 Å². The normalized spacial score (nSPS) is 19.0. The van der Waals surface area contributed by atoms with Gasteiger partial charge in [0.25, 0.3) is 11.8 Å². The zero-order valence-corrected chi connectivity index (χ0v) is 16.2. The van der Waals surface area contributed by atoms with Crippen molar-refractivity contribution >= 4 is 23.2 Å². The summed E-state index contributed by atoms with van der Waals surface area (Å²) in [7, 11) is 0. The summed E-state index contributed by atoms with van der Waals surface area (Å²) >= 11 is 1.27. The van der Waals surface area contributed by atoms with Crippen LogP contribution in [0.3, 0.4) is 0 Å². The molecule has 4 heterocycles. The highest BCUT2D eigenvalue weighted by atomic mass is 32.1. The maximum absolute atomic E-state index is 12.8. The Kier molecular flexibility index (Phi) is 5.41. The van der Waals surface area contributed by atoms with Crippen molar-refractivity contribution in [1.82, 2.24) is 20.0 Å². The van der Waals surface area contributed by atoms with Crippen LogP contribution in [0.25, 0.3) is 0 Å². The molecule has 8 nitrogen and oxygen atoms in total. The van der Waals surface area contributed by atoms with Crippen molar-refractivity contribution in [2.24, 2.45) is 5.92 Å². The van der Waals surface area contributed by atoms with Crippen molar-refractivity contribution in [3.8, 4) is 6.07 Å². The van der Waals surface area contributed by atoms with Crippen LogP contribution >= 0.6 is 11.3 Å². The fourth-order valence-electron chi connectivity index (χ4n) is 3.68. The fraction of sp³-hybridized carbons (Fsp3) is 0.474. The molecule has 1 saturated heterocycles. The van der Waals surface area contributed by atoms with Gasteiger partial charge in [-0.25, -0.2) is 0 Å². The van der Waals surface area contributed by atoms with Gasteiger partial charge in [0.2, 0.25) is 0 Å². The maximum Gasteiger partial charge on any atom is 0.262 e. The van der Waals surface area contributed by atoms with Crippen molar-refractivity contribution in [3.63, 3.8) is 0 Å². The average Bonchev–Trinajstić information content (AvgIpc) is 3.38. The van der Waals surface area contributed by atoms with E-state index in [2.05, 4.69) is 10.4 Å². The van der Waals surface area contributed by atoms with Crippen molar-refractivity contribution in [2.75, 3.05) is 32.8 Å². The molecule has 9 heteroatoms. The minimum Gasteiger partial charge on any atom is -0.378 e. The van der Waals surface area contributed by atoms with E-state index < -0.39 is 0 Å². The molecule has 0 spiro atoms. The zero-order chi connectivity index (χ0) is 19.5. The molecule has 146 valence electrons. The van der Waals surface area contributed by atoms with Crippen LogP contribution in [-0.4, -0.2) is 59.3 Å². The first kappa shape index (κ1) is 18.7. The summed E-state index contributed by atoms with van der Waals surface area (Å²) in [6, 6.07) is 3.70. The SMILES string of the molecule is N#Cc1ccsc1C(=O)NC[C@@H]1CCn2ncc(C(=O)N3CCOCC3)c2C1. The van der Waals surface area contributed by atoms with Gasteiger partial charge >= 0.3 is 0 Å². The summed E-state index contributed by atoms with van der Waals surface area (Å²) in [5, 5.41) is 18.1. The van der Waals surface area contributed by atoms with E-state index in [4.69, 9.17) is 10.00 Å². The highest BCUT2D eigenvalue weighted by Gasteiger charge is 2.28. The second-order valence-electron chi connectivity index (χ2n) is 6.98. The molecule has 1 N–H and O–H groups in total. The first-order valence-electron chi connectivity index (χ1n) is 9.35. The number of fused-ring (bicyclic) bond motifs is 1. The summed E-state index contributed by atoms with van der Waals surface area (Å²) in [4.78, 5) is 27.5. The van der Waals surface area contributed by atoms with Crippen LogP contribution in [0.4, 0.5) is 0 Å². The summed E-state index contributed by atoms with van der Waals surface area (Å²) in [6.07, 6.45) is 3.25. The number of amides is 2. The van der Waals surface area contributed by atoms with Gasteiger partial charge in [0.05, 0.1) is 36.2 Å². The average molecular weight is 399 g/mol. The van der Waals surface area contributed by atoms with Gasteiger partial charge in [-0.1, -0.05) is 0 Å². The molecule has 0 aliphatic carbocycles. The first-order valence-corrected chi connectivity index (χ1v) is 10.2. The largest absolute Gasteiger partial charge is 0.378 e. The number of morpholine rings is 1. The summed E-state index contributed by atoms with van der Waals surface area (Å²) in [5.74, 6) is 0.0246. The Bertz CT molecular complexity index is 922. The third-order valence-electron chi connectivity index (χ3n) is 5.25. The van der Waals surface area contributed by atoms with Gasteiger partial charge in [-0.3, -0.25) is 14.3 Å². The second kappa shape index (κ2) is 8.12. The van der Waals surface area contributed by atoms with Gasteiger partial charge in [0, 0.05) is 26.2 Å². The number of carbonyl (C=O) groups is 2. The van der Waals surface area contributed by atoms with Crippen LogP contribution < -0.4 is 5.32 Å². The Balaban J connectivity index is 1.40. The molecule has 0 saturated carbocycles. The van der Waals surface area contributed by atoms with Crippen LogP contribution in [0.5, 0.6) is 0 Å². The number of carbonyl (C=O) groups excluding carboxylic acids is 2. The third kappa shape index (κ3) is 3.66. The molecule has 2 aromatic heterocycles. The number of hydrogen-bond acceptors (Lipinski definition) is 6. The lowest BCUT2D eigenvalue weighted by atomic mass is 9.94. The molecule has 28 heavy (non-hydrogen) atoms. The predicted octanol–water partition coefficient (Wildman–Crippen LogP) is 1.28. The number of hydrogen-bond donors (Lipinski definition) is 1. The summed E-state index contributed by atoms with van der Waals surface area (Å²) < 4.78 is 7.23. The zero-order valence-electron chi connectivity index (χ0n) is 15.4. The molecule has 4 rings (SSSR count). The molecule has 0 unspecified atom stereocenters. The van der Waals surface area contributed by atoms with Gasteiger partial charge in [-0.2, -0.15) is 10.4 Å². The molecule has 1 atom stereocenters. The molecule has 2 aromatic rings. The van der Waals surface area contributed by atoms with Crippen LogP contribution in [-0.2, 0) is 17.7 Å².